The van der Waals surface area contributed by atoms with Gasteiger partial charge in [-0.05, 0) is 74.3 Å². The van der Waals surface area contributed by atoms with Crippen LogP contribution < -0.4 is 14.5 Å². The standard InChI is InChI=1S/C27H32N4O.2C2H6/c1-32-25-7-3-2-6-22(25)19-12-16-31(17-13-19)27-23-18-21(30-14-4-5-15-30)10-11-24(23)28-26(29-27)20-8-9-20;2*1-2/h2-3,6-7,10-11,18-20H,4-5,8-9,12-17H2,1H3;2*1-2H3. The van der Waals surface area contributed by atoms with Crippen molar-refractivity contribution in [1.82, 2.24) is 9.97 Å². The Morgan fingerprint density at radius 2 is 1.44 bits per heavy atom. The van der Waals surface area contributed by atoms with Gasteiger partial charge in [0.25, 0.3) is 0 Å². The molecule has 1 saturated carbocycles. The molecule has 0 unspecified atom stereocenters. The molecule has 3 fully saturated rings. The van der Waals surface area contributed by atoms with Crippen LogP contribution in [0, 0.1) is 0 Å². The molecule has 3 heterocycles. The molecule has 0 spiro atoms. The zero-order chi connectivity index (χ0) is 25.5. The van der Waals surface area contributed by atoms with Crippen molar-refractivity contribution in [2.24, 2.45) is 0 Å². The molecule has 0 atom stereocenters. The van der Waals surface area contributed by atoms with Crippen LogP contribution in [0.25, 0.3) is 10.9 Å². The number of benzene rings is 2. The fourth-order valence-electron chi connectivity index (χ4n) is 5.46. The Hall–Kier alpha value is -2.82. The average Bonchev–Trinajstić information content (AvgIpc) is 3.68. The van der Waals surface area contributed by atoms with Crippen molar-refractivity contribution in [3.8, 4) is 5.75 Å². The highest BCUT2D eigenvalue weighted by Gasteiger charge is 2.30. The summed E-state index contributed by atoms with van der Waals surface area (Å²) in [6.45, 7) is 12.4. The van der Waals surface area contributed by atoms with Crippen molar-refractivity contribution in [3.63, 3.8) is 0 Å². The summed E-state index contributed by atoms with van der Waals surface area (Å²) in [5.41, 5.74) is 3.77. The van der Waals surface area contributed by atoms with Crippen LogP contribution in [-0.4, -0.2) is 43.3 Å². The molecule has 5 nitrogen and oxygen atoms in total. The number of rotatable bonds is 5. The Morgan fingerprint density at radius 3 is 2.11 bits per heavy atom. The number of piperidine rings is 1. The Bertz CT molecular complexity index is 1110. The maximum Gasteiger partial charge on any atom is 0.140 e. The van der Waals surface area contributed by atoms with E-state index < -0.39 is 0 Å². The summed E-state index contributed by atoms with van der Waals surface area (Å²) in [5, 5.41) is 1.22. The monoisotopic (exact) mass is 488 g/mol. The first-order chi connectivity index (χ1) is 17.8. The number of methoxy groups -OCH3 is 1. The molecule has 1 aliphatic carbocycles. The number of aromatic nitrogens is 2. The second kappa shape index (κ2) is 12.4. The van der Waals surface area contributed by atoms with E-state index in [1.807, 2.05) is 27.7 Å². The Morgan fingerprint density at radius 1 is 0.750 bits per heavy atom. The molecule has 3 aromatic rings. The van der Waals surface area contributed by atoms with Crippen molar-refractivity contribution < 1.29 is 4.74 Å². The van der Waals surface area contributed by atoms with Gasteiger partial charge >= 0.3 is 0 Å². The highest BCUT2D eigenvalue weighted by atomic mass is 16.5. The summed E-state index contributed by atoms with van der Waals surface area (Å²) in [6.07, 6.45) is 7.28. The van der Waals surface area contributed by atoms with Crippen molar-refractivity contribution in [1.29, 1.82) is 0 Å². The predicted octanol–water partition coefficient (Wildman–Crippen LogP) is 7.55. The highest BCUT2D eigenvalue weighted by molar-refractivity contribution is 5.92. The van der Waals surface area contributed by atoms with E-state index >= 15 is 0 Å². The minimum atomic E-state index is 0.540. The zero-order valence-corrected chi connectivity index (χ0v) is 23.0. The van der Waals surface area contributed by atoms with E-state index in [0.717, 1.165) is 61.9 Å². The maximum atomic E-state index is 5.64. The summed E-state index contributed by atoms with van der Waals surface area (Å²) in [7, 11) is 1.78. The van der Waals surface area contributed by atoms with Gasteiger partial charge in [0.05, 0.1) is 12.6 Å². The van der Waals surface area contributed by atoms with Crippen LogP contribution in [0.3, 0.4) is 0 Å². The minimum Gasteiger partial charge on any atom is -0.496 e. The quantitative estimate of drug-likeness (QED) is 0.371. The summed E-state index contributed by atoms with van der Waals surface area (Å²) in [5.74, 6) is 4.32. The lowest BCUT2D eigenvalue weighted by Gasteiger charge is -2.34. The molecule has 2 saturated heterocycles. The third-order valence-electron chi connectivity index (χ3n) is 7.46. The van der Waals surface area contributed by atoms with Crippen molar-refractivity contribution in [2.75, 3.05) is 43.1 Å². The van der Waals surface area contributed by atoms with E-state index in [9.17, 15) is 0 Å². The van der Waals surface area contributed by atoms with Gasteiger partial charge in [0.1, 0.15) is 17.4 Å². The second-order valence-electron chi connectivity index (χ2n) is 9.58. The predicted molar refractivity (Wildman–Crippen MR) is 153 cm³/mol. The van der Waals surface area contributed by atoms with Crippen LogP contribution in [0.4, 0.5) is 11.5 Å². The first kappa shape index (κ1) is 26.2. The van der Waals surface area contributed by atoms with E-state index in [4.69, 9.17) is 14.7 Å². The molecule has 0 amide bonds. The van der Waals surface area contributed by atoms with Crippen molar-refractivity contribution >= 4 is 22.4 Å². The van der Waals surface area contributed by atoms with E-state index in [1.165, 1.54) is 42.3 Å². The molecular weight excluding hydrogens is 444 g/mol. The molecule has 0 radical (unpaired) electrons. The molecule has 0 bridgehead atoms. The van der Waals surface area contributed by atoms with Gasteiger partial charge in [-0.25, -0.2) is 9.97 Å². The van der Waals surface area contributed by atoms with Crippen LogP contribution in [0.5, 0.6) is 5.75 Å². The molecule has 2 aromatic carbocycles. The lowest BCUT2D eigenvalue weighted by atomic mass is 9.88. The molecule has 1 aromatic heterocycles. The summed E-state index contributed by atoms with van der Waals surface area (Å²) < 4.78 is 5.64. The SMILES string of the molecule is CC.CC.COc1ccccc1C1CCN(c2nc(C3CC3)nc3ccc(N4CCCC4)cc23)CC1. The van der Waals surface area contributed by atoms with Crippen molar-refractivity contribution in [2.45, 2.75) is 78.1 Å². The van der Waals surface area contributed by atoms with E-state index in [1.54, 1.807) is 7.11 Å². The number of hydrogen-bond acceptors (Lipinski definition) is 5. The molecule has 2 aliphatic heterocycles. The Labute approximate surface area is 217 Å². The number of ether oxygens (including phenoxy) is 1. The molecule has 194 valence electrons. The first-order valence-corrected chi connectivity index (χ1v) is 14.2. The maximum absolute atomic E-state index is 5.64. The average molecular weight is 489 g/mol. The molecule has 36 heavy (non-hydrogen) atoms. The number of para-hydroxylation sites is 1. The van der Waals surface area contributed by atoms with Gasteiger partial charge in [-0.1, -0.05) is 45.9 Å². The van der Waals surface area contributed by atoms with Crippen molar-refractivity contribution in [3.05, 3.63) is 53.9 Å². The molecule has 6 rings (SSSR count). The number of hydrogen-bond donors (Lipinski definition) is 0. The van der Waals surface area contributed by atoms with Gasteiger partial charge < -0.3 is 14.5 Å². The minimum absolute atomic E-state index is 0.540. The van der Waals surface area contributed by atoms with Crippen LogP contribution in [0.1, 0.15) is 89.4 Å². The van der Waals surface area contributed by atoms with Crippen LogP contribution in [0.2, 0.25) is 0 Å². The summed E-state index contributed by atoms with van der Waals surface area (Å²) >= 11 is 0. The van der Waals surface area contributed by atoms with Gasteiger partial charge in [-0.3, -0.25) is 0 Å². The Balaban J connectivity index is 0.000000726. The summed E-state index contributed by atoms with van der Waals surface area (Å²) in [4.78, 5) is 15.1. The topological polar surface area (TPSA) is 41.5 Å². The highest BCUT2D eigenvalue weighted by Crippen LogP contribution is 2.42. The lowest BCUT2D eigenvalue weighted by molar-refractivity contribution is 0.397. The Kier molecular flexibility index (Phi) is 9.06. The normalized spacial score (nSPS) is 17.8. The second-order valence-corrected chi connectivity index (χ2v) is 9.58. The number of fused-ring (bicyclic) bond motifs is 1. The lowest BCUT2D eigenvalue weighted by Crippen LogP contribution is -2.34. The molecule has 0 N–H and O–H groups in total. The molecular formula is C31H44N4O. The third-order valence-corrected chi connectivity index (χ3v) is 7.46. The van der Waals surface area contributed by atoms with Gasteiger partial charge in [-0.2, -0.15) is 0 Å². The number of anilines is 2. The zero-order valence-electron chi connectivity index (χ0n) is 23.0. The largest absolute Gasteiger partial charge is 0.496 e. The van der Waals surface area contributed by atoms with Crippen LogP contribution in [-0.2, 0) is 0 Å². The smallest absolute Gasteiger partial charge is 0.140 e. The fraction of sp³-hybridized carbons (Fsp3) is 0.548. The fourth-order valence-corrected chi connectivity index (χ4v) is 5.46. The third kappa shape index (κ3) is 5.61. The van der Waals surface area contributed by atoms with E-state index in [-0.39, 0.29) is 0 Å². The van der Waals surface area contributed by atoms with Gasteiger partial charge in [0, 0.05) is 43.2 Å². The molecule has 3 aliphatic rings. The first-order valence-electron chi connectivity index (χ1n) is 14.2. The molecule has 5 heteroatoms. The summed E-state index contributed by atoms with van der Waals surface area (Å²) in [6, 6.07) is 15.3. The van der Waals surface area contributed by atoms with Crippen LogP contribution >= 0.6 is 0 Å². The van der Waals surface area contributed by atoms with Crippen LogP contribution in [0.15, 0.2) is 42.5 Å². The van der Waals surface area contributed by atoms with E-state index in [0.29, 0.717) is 11.8 Å². The van der Waals surface area contributed by atoms with Gasteiger partial charge in [-0.15, -0.1) is 0 Å². The van der Waals surface area contributed by atoms with Gasteiger partial charge in [0.15, 0.2) is 0 Å². The number of nitrogens with zero attached hydrogens (tertiary/aromatic N) is 4. The van der Waals surface area contributed by atoms with E-state index in [2.05, 4.69) is 52.3 Å². The van der Waals surface area contributed by atoms with Gasteiger partial charge in [0.2, 0.25) is 0 Å².